The van der Waals surface area contributed by atoms with E-state index in [9.17, 15) is 0 Å². The Bertz CT molecular complexity index is 754. The third kappa shape index (κ3) is 2.55. The van der Waals surface area contributed by atoms with Gasteiger partial charge in [0.15, 0.2) is 10.0 Å². The number of imidazole rings is 2. The second-order valence-electron chi connectivity index (χ2n) is 4.71. The molecule has 4 aromatic rings. The Hall–Kier alpha value is -2.18. The molecular weight excluding hydrogens is 300 g/mol. The van der Waals surface area contributed by atoms with Crippen LogP contribution < -0.4 is 9.13 Å². The van der Waals surface area contributed by atoms with Crippen molar-refractivity contribution in [3.05, 3.63) is 72.5 Å². The molecule has 0 aromatic carbocycles. The monoisotopic (exact) mass is 314 g/mol. The topological polar surface area (TPSA) is 17.6 Å². The van der Waals surface area contributed by atoms with Gasteiger partial charge in [-0.25, -0.2) is 0 Å². The number of hydrogen-bond donors (Lipinski definition) is 0. The highest BCUT2D eigenvalue weighted by Crippen LogP contribution is 2.14. The van der Waals surface area contributed by atoms with Crippen LogP contribution in [0.3, 0.4) is 0 Å². The van der Waals surface area contributed by atoms with E-state index in [1.54, 1.807) is 22.7 Å². The van der Waals surface area contributed by atoms with Gasteiger partial charge in [0.25, 0.3) is 12.7 Å². The van der Waals surface area contributed by atoms with E-state index in [2.05, 4.69) is 90.7 Å². The van der Waals surface area contributed by atoms with E-state index >= 15 is 0 Å². The van der Waals surface area contributed by atoms with Crippen LogP contribution in [0.25, 0.3) is 10.0 Å². The summed E-state index contributed by atoms with van der Waals surface area (Å²) >= 11 is 3.48. The Morgan fingerprint density at radius 3 is 1.76 bits per heavy atom. The Balaban J connectivity index is 1.54. The Morgan fingerprint density at radius 1 is 0.810 bits per heavy atom. The van der Waals surface area contributed by atoms with E-state index < -0.39 is 0 Å². The van der Waals surface area contributed by atoms with Crippen LogP contribution in [0.2, 0.25) is 0 Å². The lowest BCUT2D eigenvalue weighted by Gasteiger charge is -1.92. The summed E-state index contributed by atoms with van der Waals surface area (Å²) in [4.78, 5) is 0. The maximum absolute atomic E-state index is 2.17. The van der Waals surface area contributed by atoms with Gasteiger partial charge in [-0.15, -0.1) is 22.7 Å². The number of rotatable bonds is 4. The fourth-order valence-corrected chi connectivity index (χ4v) is 3.61. The molecular formula is C15H14N4S2+2. The molecule has 6 heteroatoms. The first kappa shape index (κ1) is 12.6. The summed E-state index contributed by atoms with van der Waals surface area (Å²) in [6, 6.07) is 8.38. The molecule has 21 heavy (non-hydrogen) atoms. The SMILES string of the molecule is c1csc(-n2cc[n+](C[n+]3ccn(-c4cccs4)c3)c2)c1. The molecule has 0 aliphatic rings. The first-order valence-corrected chi connectivity index (χ1v) is 8.36. The van der Waals surface area contributed by atoms with Crippen molar-refractivity contribution >= 4 is 22.7 Å². The van der Waals surface area contributed by atoms with Crippen LogP contribution in [0.5, 0.6) is 0 Å². The quantitative estimate of drug-likeness (QED) is 0.515. The second kappa shape index (κ2) is 5.31. The maximum atomic E-state index is 2.17. The highest BCUT2D eigenvalue weighted by Gasteiger charge is 2.11. The minimum atomic E-state index is 0.802. The molecule has 0 aliphatic carbocycles. The van der Waals surface area contributed by atoms with Crippen LogP contribution in [-0.2, 0) is 6.67 Å². The van der Waals surface area contributed by atoms with Crippen molar-refractivity contribution < 1.29 is 9.13 Å². The van der Waals surface area contributed by atoms with Crippen LogP contribution in [0, 0.1) is 0 Å². The molecule has 104 valence electrons. The summed E-state index contributed by atoms with van der Waals surface area (Å²) in [6.07, 6.45) is 12.6. The lowest BCUT2D eigenvalue weighted by atomic mass is 10.6. The van der Waals surface area contributed by atoms with Crippen LogP contribution in [0.15, 0.2) is 72.5 Å². The highest BCUT2D eigenvalue weighted by molar-refractivity contribution is 7.12. The van der Waals surface area contributed by atoms with E-state index in [0.717, 1.165) is 6.67 Å². The fourth-order valence-electron chi connectivity index (χ4n) is 2.24. The molecule has 0 bridgehead atoms. The standard InChI is InChI=1S/C15H14N4S2/c1-3-14(20-9-1)18-7-5-16(12-18)11-17-6-8-19(13-17)15-4-2-10-21-15/h1-10,12-13H,11H2/q+2. The molecule has 0 saturated carbocycles. The molecule has 4 rings (SSSR count). The van der Waals surface area contributed by atoms with Crippen LogP contribution >= 0.6 is 22.7 Å². The molecule has 4 aromatic heterocycles. The van der Waals surface area contributed by atoms with Gasteiger partial charge in [0.1, 0.15) is 24.8 Å². The van der Waals surface area contributed by atoms with Crippen molar-refractivity contribution in [3.8, 4) is 10.0 Å². The van der Waals surface area contributed by atoms with Gasteiger partial charge in [-0.2, -0.15) is 18.3 Å². The number of hydrogen-bond acceptors (Lipinski definition) is 2. The largest absolute Gasteiger partial charge is 0.252 e. The molecule has 0 atom stereocenters. The van der Waals surface area contributed by atoms with Gasteiger partial charge in [-0.3, -0.25) is 0 Å². The van der Waals surface area contributed by atoms with Gasteiger partial charge in [0.2, 0.25) is 6.67 Å². The molecule has 0 saturated heterocycles. The zero-order valence-corrected chi connectivity index (χ0v) is 12.9. The molecule has 4 nitrogen and oxygen atoms in total. The van der Waals surface area contributed by atoms with Crippen molar-refractivity contribution in [2.45, 2.75) is 6.67 Å². The third-order valence-corrected chi connectivity index (χ3v) is 4.99. The zero-order chi connectivity index (χ0) is 14.1. The van der Waals surface area contributed by atoms with Crippen molar-refractivity contribution in [2.24, 2.45) is 0 Å². The van der Waals surface area contributed by atoms with Gasteiger partial charge >= 0.3 is 0 Å². The maximum Gasteiger partial charge on any atom is 0.252 e. The van der Waals surface area contributed by atoms with Crippen molar-refractivity contribution in [3.63, 3.8) is 0 Å². The predicted octanol–water partition coefficient (Wildman–Crippen LogP) is 2.47. The normalized spacial score (nSPS) is 11.0. The molecule has 0 radical (unpaired) electrons. The van der Waals surface area contributed by atoms with E-state index in [4.69, 9.17) is 0 Å². The Labute approximate surface area is 130 Å². The van der Waals surface area contributed by atoms with E-state index in [0.29, 0.717) is 0 Å². The van der Waals surface area contributed by atoms with E-state index in [-0.39, 0.29) is 0 Å². The van der Waals surface area contributed by atoms with Gasteiger partial charge in [0, 0.05) is 0 Å². The summed E-state index contributed by atoms with van der Waals surface area (Å²) in [5.74, 6) is 0. The molecule has 0 aliphatic heterocycles. The Kier molecular flexibility index (Phi) is 3.17. The van der Waals surface area contributed by atoms with Crippen LogP contribution in [0.1, 0.15) is 0 Å². The summed E-state index contributed by atoms with van der Waals surface area (Å²) in [5, 5.41) is 6.65. The number of aromatic nitrogens is 4. The summed E-state index contributed by atoms with van der Waals surface area (Å²) in [5.41, 5.74) is 0. The predicted molar refractivity (Wildman–Crippen MR) is 83.1 cm³/mol. The van der Waals surface area contributed by atoms with Crippen molar-refractivity contribution in [2.75, 3.05) is 0 Å². The third-order valence-electron chi connectivity index (χ3n) is 3.23. The second-order valence-corrected chi connectivity index (χ2v) is 6.57. The average Bonchev–Trinajstić information content (AvgIpc) is 3.28. The minimum Gasteiger partial charge on any atom is -0.198 e. The zero-order valence-electron chi connectivity index (χ0n) is 11.2. The highest BCUT2D eigenvalue weighted by atomic mass is 32.1. The summed E-state index contributed by atoms with van der Waals surface area (Å²) < 4.78 is 8.61. The molecule has 0 unspecified atom stereocenters. The lowest BCUT2D eigenvalue weighted by molar-refractivity contribution is -0.912. The van der Waals surface area contributed by atoms with E-state index in [1.165, 1.54) is 10.0 Å². The lowest BCUT2D eigenvalue weighted by Crippen LogP contribution is -2.49. The van der Waals surface area contributed by atoms with E-state index in [1.807, 2.05) is 0 Å². The molecule has 0 spiro atoms. The summed E-state index contributed by atoms with van der Waals surface area (Å²) in [7, 11) is 0. The van der Waals surface area contributed by atoms with Gasteiger partial charge in [0.05, 0.1) is 0 Å². The number of thiophene rings is 2. The van der Waals surface area contributed by atoms with Gasteiger partial charge < -0.3 is 0 Å². The first-order chi connectivity index (χ1) is 10.4. The fraction of sp³-hybridized carbons (Fsp3) is 0.0667. The molecule has 0 N–H and O–H groups in total. The molecule has 0 amide bonds. The van der Waals surface area contributed by atoms with Crippen molar-refractivity contribution in [1.29, 1.82) is 0 Å². The first-order valence-electron chi connectivity index (χ1n) is 6.60. The van der Waals surface area contributed by atoms with Crippen LogP contribution in [0.4, 0.5) is 0 Å². The Morgan fingerprint density at radius 2 is 1.33 bits per heavy atom. The summed E-state index contributed by atoms with van der Waals surface area (Å²) in [6.45, 7) is 0.802. The molecule has 0 fully saturated rings. The average molecular weight is 314 g/mol. The molecule has 4 heterocycles. The van der Waals surface area contributed by atoms with Crippen LogP contribution in [-0.4, -0.2) is 9.13 Å². The number of nitrogens with zero attached hydrogens (tertiary/aromatic N) is 4. The smallest absolute Gasteiger partial charge is 0.198 e. The van der Waals surface area contributed by atoms with Gasteiger partial charge in [-0.1, -0.05) is 0 Å². The minimum absolute atomic E-state index is 0.802. The van der Waals surface area contributed by atoms with Gasteiger partial charge in [-0.05, 0) is 35.0 Å². The van der Waals surface area contributed by atoms with Crippen molar-refractivity contribution in [1.82, 2.24) is 9.13 Å².